The van der Waals surface area contributed by atoms with Crippen molar-refractivity contribution in [1.29, 1.82) is 0 Å². The first-order valence-electron chi connectivity index (χ1n) is 9.07. The van der Waals surface area contributed by atoms with Gasteiger partial charge in [-0.15, -0.1) is 13.2 Å². The number of carbonyl (C=O) groups excluding carboxylic acids is 2. The lowest BCUT2D eigenvalue weighted by Crippen LogP contribution is -2.22. The smallest absolute Gasteiger partial charge is 0.454 e. The summed E-state index contributed by atoms with van der Waals surface area (Å²) in [6, 6.07) is 9.66. The van der Waals surface area contributed by atoms with Crippen LogP contribution < -0.4 is 19.5 Å². The van der Waals surface area contributed by atoms with E-state index < -0.39 is 37.2 Å². The Bertz CT molecular complexity index is 1010. The molecule has 3 rings (SSSR count). The number of anilines is 1. The standard InChI is InChI=1S/C20H17F3N2O7/c1-12(13-2-7-16-17(8-13)30-11-29-16)25-31-10-19(27)28-9-18(26)24-14-3-5-15(6-4-14)32-20(21,22)23/h2-8H,9-11H2,1H3,(H,24,26)/b25-12+. The van der Waals surface area contributed by atoms with Gasteiger partial charge in [0.1, 0.15) is 5.75 Å². The van der Waals surface area contributed by atoms with Gasteiger partial charge < -0.3 is 29.1 Å². The van der Waals surface area contributed by atoms with E-state index in [-0.39, 0.29) is 12.5 Å². The van der Waals surface area contributed by atoms with Gasteiger partial charge in [0.2, 0.25) is 13.4 Å². The van der Waals surface area contributed by atoms with E-state index in [4.69, 9.17) is 19.0 Å². The fourth-order valence-corrected chi connectivity index (χ4v) is 2.48. The molecule has 0 fully saturated rings. The molecule has 0 aliphatic carbocycles. The minimum atomic E-state index is -4.81. The first-order valence-corrected chi connectivity index (χ1v) is 9.07. The molecule has 0 aromatic heterocycles. The highest BCUT2D eigenvalue weighted by molar-refractivity contribution is 5.99. The number of benzene rings is 2. The number of hydrogen-bond acceptors (Lipinski definition) is 8. The molecular formula is C20H17F3N2O7. The van der Waals surface area contributed by atoms with Gasteiger partial charge in [0.25, 0.3) is 5.91 Å². The maximum Gasteiger partial charge on any atom is 0.573 e. The second kappa shape index (κ2) is 9.90. The number of fused-ring (bicyclic) bond motifs is 1. The molecule has 2 aromatic carbocycles. The summed E-state index contributed by atoms with van der Waals surface area (Å²) >= 11 is 0. The van der Waals surface area contributed by atoms with Crippen molar-refractivity contribution >= 4 is 23.3 Å². The average molecular weight is 454 g/mol. The Kier molecular flexibility index (Phi) is 7.03. The van der Waals surface area contributed by atoms with Crippen LogP contribution in [0.1, 0.15) is 12.5 Å². The lowest BCUT2D eigenvalue weighted by molar-refractivity contribution is -0.274. The molecule has 0 spiro atoms. The molecule has 2 aromatic rings. The number of hydrogen-bond donors (Lipinski definition) is 1. The summed E-state index contributed by atoms with van der Waals surface area (Å²) in [7, 11) is 0. The van der Waals surface area contributed by atoms with Gasteiger partial charge >= 0.3 is 12.3 Å². The number of nitrogens with zero attached hydrogens (tertiary/aromatic N) is 1. The fraction of sp³-hybridized carbons (Fsp3) is 0.250. The Hall–Kier alpha value is -3.96. The Morgan fingerprint density at radius 1 is 1.06 bits per heavy atom. The van der Waals surface area contributed by atoms with Crippen LogP contribution in [0.25, 0.3) is 0 Å². The minimum Gasteiger partial charge on any atom is -0.454 e. The maximum absolute atomic E-state index is 12.1. The van der Waals surface area contributed by atoms with E-state index in [2.05, 4.69) is 15.2 Å². The monoisotopic (exact) mass is 454 g/mol. The quantitative estimate of drug-likeness (QED) is 0.371. The number of esters is 1. The van der Waals surface area contributed by atoms with Crippen LogP contribution in [0, 0.1) is 0 Å². The van der Waals surface area contributed by atoms with Crippen molar-refractivity contribution in [2.45, 2.75) is 13.3 Å². The van der Waals surface area contributed by atoms with Crippen LogP contribution in [0.15, 0.2) is 47.6 Å². The zero-order valence-corrected chi connectivity index (χ0v) is 16.6. The molecule has 1 amide bonds. The highest BCUT2D eigenvalue weighted by Gasteiger charge is 2.31. The number of rotatable bonds is 8. The molecule has 170 valence electrons. The van der Waals surface area contributed by atoms with Crippen molar-refractivity contribution < 1.29 is 46.5 Å². The van der Waals surface area contributed by atoms with Crippen LogP contribution in [0.4, 0.5) is 18.9 Å². The van der Waals surface area contributed by atoms with Crippen LogP contribution in [-0.2, 0) is 19.2 Å². The van der Waals surface area contributed by atoms with Gasteiger partial charge in [0.05, 0.1) is 5.71 Å². The Morgan fingerprint density at radius 3 is 2.50 bits per heavy atom. The molecule has 12 heteroatoms. The summed E-state index contributed by atoms with van der Waals surface area (Å²) in [6.45, 7) is 0.663. The lowest BCUT2D eigenvalue weighted by Gasteiger charge is -2.10. The van der Waals surface area contributed by atoms with Gasteiger partial charge in [0, 0.05) is 11.3 Å². The molecule has 0 saturated carbocycles. The SMILES string of the molecule is C/C(=N\OCC(=O)OCC(=O)Nc1ccc(OC(F)(F)F)cc1)c1ccc2c(c1)OCO2. The Morgan fingerprint density at radius 2 is 1.78 bits per heavy atom. The highest BCUT2D eigenvalue weighted by Crippen LogP contribution is 2.32. The summed E-state index contributed by atoms with van der Waals surface area (Å²) in [5.41, 5.74) is 1.38. The van der Waals surface area contributed by atoms with E-state index in [1.807, 2.05) is 0 Å². The Balaban J connectivity index is 1.39. The van der Waals surface area contributed by atoms with Crippen molar-refractivity contribution in [3.05, 3.63) is 48.0 Å². The largest absolute Gasteiger partial charge is 0.573 e. The molecule has 1 aliphatic heterocycles. The topological polar surface area (TPSA) is 105 Å². The van der Waals surface area contributed by atoms with Gasteiger partial charge in [-0.1, -0.05) is 5.16 Å². The summed E-state index contributed by atoms with van der Waals surface area (Å²) in [5.74, 6) is -0.769. The third-order valence-electron chi connectivity index (χ3n) is 3.91. The van der Waals surface area contributed by atoms with Crippen LogP contribution in [0.5, 0.6) is 17.2 Å². The van der Waals surface area contributed by atoms with E-state index in [0.29, 0.717) is 22.8 Å². The predicted molar refractivity (Wildman–Crippen MR) is 103 cm³/mol. The molecule has 0 atom stereocenters. The van der Waals surface area contributed by atoms with Crippen LogP contribution in [-0.4, -0.2) is 44.0 Å². The molecule has 1 aliphatic rings. The summed E-state index contributed by atoms with van der Waals surface area (Å²) in [6.07, 6.45) is -4.81. The van der Waals surface area contributed by atoms with Gasteiger partial charge in [-0.3, -0.25) is 4.79 Å². The normalized spacial score (nSPS) is 12.8. The zero-order chi connectivity index (χ0) is 23.1. The van der Waals surface area contributed by atoms with E-state index in [9.17, 15) is 22.8 Å². The second-order valence-corrected chi connectivity index (χ2v) is 6.30. The predicted octanol–water partition coefficient (Wildman–Crippen LogP) is 3.24. The van der Waals surface area contributed by atoms with Crippen LogP contribution in [0.2, 0.25) is 0 Å². The molecule has 1 N–H and O–H groups in total. The average Bonchev–Trinajstić information content (AvgIpc) is 3.20. The van der Waals surface area contributed by atoms with Crippen LogP contribution in [0.3, 0.4) is 0 Å². The number of nitrogens with one attached hydrogen (secondary N) is 1. The number of alkyl halides is 3. The third-order valence-corrected chi connectivity index (χ3v) is 3.91. The van der Waals surface area contributed by atoms with Crippen LogP contribution >= 0.6 is 0 Å². The number of carbonyl (C=O) groups is 2. The minimum absolute atomic E-state index is 0.142. The summed E-state index contributed by atoms with van der Waals surface area (Å²) in [5, 5.41) is 6.18. The summed E-state index contributed by atoms with van der Waals surface area (Å²) < 4.78 is 55.4. The molecule has 32 heavy (non-hydrogen) atoms. The number of ether oxygens (including phenoxy) is 4. The second-order valence-electron chi connectivity index (χ2n) is 6.30. The number of halogens is 3. The highest BCUT2D eigenvalue weighted by atomic mass is 19.4. The summed E-state index contributed by atoms with van der Waals surface area (Å²) in [4.78, 5) is 28.4. The first-order chi connectivity index (χ1) is 15.2. The van der Waals surface area contributed by atoms with E-state index in [0.717, 1.165) is 12.1 Å². The van der Waals surface area contributed by atoms with Gasteiger partial charge in [-0.05, 0) is 49.4 Å². The number of oxime groups is 1. The molecule has 9 nitrogen and oxygen atoms in total. The zero-order valence-electron chi connectivity index (χ0n) is 16.6. The van der Waals surface area contributed by atoms with E-state index >= 15 is 0 Å². The van der Waals surface area contributed by atoms with Crippen molar-refractivity contribution in [1.82, 2.24) is 0 Å². The molecule has 0 bridgehead atoms. The van der Waals surface area contributed by atoms with E-state index in [1.165, 1.54) is 12.1 Å². The first kappa shape index (κ1) is 22.7. The van der Waals surface area contributed by atoms with Gasteiger partial charge in [-0.2, -0.15) is 0 Å². The van der Waals surface area contributed by atoms with E-state index in [1.54, 1.807) is 25.1 Å². The number of amides is 1. The third kappa shape index (κ3) is 6.79. The van der Waals surface area contributed by atoms with Gasteiger partial charge in [0.15, 0.2) is 18.1 Å². The molecule has 0 radical (unpaired) electrons. The fourth-order valence-electron chi connectivity index (χ4n) is 2.48. The lowest BCUT2D eigenvalue weighted by atomic mass is 10.1. The molecule has 0 unspecified atom stereocenters. The van der Waals surface area contributed by atoms with Crippen molar-refractivity contribution in [3.63, 3.8) is 0 Å². The Labute approximate surface area is 179 Å². The van der Waals surface area contributed by atoms with Crippen molar-refractivity contribution in [3.8, 4) is 17.2 Å². The maximum atomic E-state index is 12.1. The van der Waals surface area contributed by atoms with Crippen molar-refractivity contribution in [2.24, 2.45) is 5.16 Å². The van der Waals surface area contributed by atoms with Crippen molar-refractivity contribution in [2.75, 3.05) is 25.3 Å². The molecular weight excluding hydrogens is 437 g/mol. The molecule has 1 heterocycles. The van der Waals surface area contributed by atoms with Gasteiger partial charge in [-0.25, -0.2) is 4.79 Å². The molecule has 0 saturated heterocycles.